The van der Waals surface area contributed by atoms with Gasteiger partial charge in [-0.2, -0.15) is 0 Å². The number of aliphatic hydroxyl groups excluding tert-OH is 1. The molecule has 0 radical (unpaired) electrons. The molecule has 0 bridgehead atoms. The number of aromatic nitrogens is 2. The fourth-order valence-electron chi connectivity index (χ4n) is 1.63. The first kappa shape index (κ1) is 14.3. The van der Waals surface area contributed by atoms with Gasteiger partial charge in [0.05, 0.1) is 16.8 Å². The Bertz CT molecular complexity index is 608. The molecule has 0 saturated carbocycles. The Labute approximate surface area is 121 Å². The van der Waals surface area contributed by atoms with Gasteiger partial charge in [-0.25, -0.2) is 4.98 Å². The third-order valence-corrected chi connectivity index (χ3v) is 3.44. The van der Waals surface area contributed by atoms with E-state index < -0.39 is 0 Å². The SMILES string of the molecule is O=C(NCCCn1ccnc1)c1csc(C#CCO)c1. The van der Waals surface area contributed by atoms with Gasteiger partial charge in [0.25, 0.3) is 5.91 Å². The molecule has 20 heavy (non-hydrogen) atoms. The van der Waals surface area contributed by atoms with E-state index in [1.54, 1.807) is 24.0 Å². The van der Waals surface area contributed by atoms with E-state index >= 15 is 0 Å². The normalized spacial score (nSPS) is 9.85. The molecule has 2 aromatic rings. The number of aryl methyl sites for hydroxylation is 1. The molecular weight excluding hydrogens is 274 g/mol. The van der Waals surface area contributed by atoms with Gasteiger partial charge in [0.1, 0.15) is 6.61 Å². The van der Waals surface area contributed by atoms with Gasteiger partial charge < -0.3 is 15.0 Å². The molecule has 0 aromatic carbocycles. The second-order valence-corrected chi connectivity index (χ2v) is 4.98. The van der Waals surface area contributed by atoms with Crippen LogP contribution in [0.5, 0.6) is 0 Å². The second-order valence-electron chi connectivity index (χ2n) is 4.07. The van der Waals surface area contributed by atoms with Crippen molar-refractivity contribution in [3.8, 4) is 11.8 Å². The molecule has 5 nitrogen and oxygen atoms in total. The highest BCUT2D eigenvalue weighted by molar-refractivity contribution is 7.10. The molecule has 104 valence electrons. The highest BCUT2D eigenvalue weighted by atomic mass is 32.1. The monoisotopic (exact) mass is 289 g/mol. The first-order valence-electron chi connectivity index (χ1n) is 6.22. The predicted octanol–water partition coefficient (Wildman–Crippen LogP) is 1.11. The molecular formula is C14H15N3O2S. The predicted molar refractivity (Wildman–Crippen MR) is 77.5 cm³/mol. The van der Waals surface area contributed by atoms with Gasteiger partial charge in [-0.1, -0.05) is 11.8 Å². The lowest BCUT2D eigenvalue weighted by Crippen LogP contribution is -2.24. The van der Waals surface area contributed by atoms with Crippen molar-refractivity contribution in [1.29, 1.82) is 0 Å². The zero-order valence-electron chi connectivity index (χ0n) is 10.9. The molecule has 2 heterocycles. The highest BCUT2D eigenvalue weighted by Gasteiger charge is 2.07. The van der Waals surface area contributed by atoms with Gasteiger partial charge in [0.2, 0.25) is 0 Å². The summed E-state index contributed by atoms with van der Waals surface area (Å²) in [6.07, 6.45) is 6.24. The van der Waals surface area contributed by atoms with Gasteiger partial charge in [-0.05, 0) is 12.5 Å². The van der Waals surface area contributed by atoms with E-state index in [1.807, 2.05) is 10.8 Å². The molecule has 2 N–H and O–H groups in total. The Balaban J connectivity index is 1.75. The van der Waals surface area contributed by atoms with Crippen LogP contribution < -0.4 is 5.32 Å². The van der Waals surface area contributed by atoms with Gasteiger partial charge in [0.15, 0.2) is 0 Å². The lowest BCUT2D eigenvalue weighted by molar-refractivity contribution is 0.0953. The molecule has 2 rings (SSSR count). The summed E-state index contributed by atoms with van der Waals surface area (Å²) in [5, 5.41) is 13.2. The summed E-state index contributed by atoms with van der Waals surface area (Å²) in [5.74, 6) is 5.25. The van der Waals surface area contributed by atoms with E-state index in [9.17, 15) is 4.79 Å². The van der Waals surface area contributed by atoms with Crippen LogP contribution in [0, 0.1) is 11.8 Å². The van der Waals surface area contributed by atoms with Crippen molar-refractivity contribution in [2.45, 2.75) is 13.0 Å². The Morgan fingerprint density at radius 2 is 2.45 bits per heavy atom. The molecule has 0 saturated heterocycles. The molecule has 0 spiro atoms. The Kier molecular flexibility index (Phi) is 5.35. The van der Waals surface area contributed by atoms with Gasteiger partial charge >= 0.3 is 0 Å². The highest BCUT2D eigenvalue weighted by Crippen LogP contribution is 2.13. The number of imidazole rings is 1. The van der Waals surface area contributed by atoms with E-state index in [-0.39, 0.29) is 12.5 Å². The van der Waals surface area contributed by atoms with Crippen molar-refractivity contribution >= 4 is 17.2 Å². The van der Waals surface area contributed by atoms with Crippen LogP contribution in [0.15, 0.2) is 30.2 Å². The second kappa shape index (κ2) is 7.48. The maximum atomic E-state index is 11.9. The van der Waals surface area contributed by atoms with Crippen LogP contribution in [0.3, 0.4) is 0 Å². The topological polar surface area (TPSA) is 67.2 Å². The summed E-state index contributed by atoms with van der Waals surface area (Å²) in [5.41, 5.74) is 0.611. The Morgan fingerprint density at radius 1 is 1.55 bits per heavy atom. The summed E-state index contributed by atoms with van der Waals surface area (Å²) in [4.78, 5) is 16.6. The number of hydrogen-bond donors (Lipinski definition) is 2. The molecule has 0 atom stereocenters. The molecule has 0 fully saturated rings. The number of nitrogens with zero attached hydrogens (tertiary/aromatic N) is 2. The number of carbonyl (C=O) groups excluding carboxylic acids is 1. The number of rotatable bonds is 5. The van der Waals surface area contributed by atoms with Crippen LogP contribution in [0.25, 0.3) is 0 Å². The number of carbonyl (C=O) groups is 1. The minimum absolute atomic E-state index is 0.0936. The van der Waals surface area contributed by atoms with E-state index in [4.69, 9.17) is 5.11 Å². The number of aliphatic hydroxyl groups is 1. The first-order chi connectivity index (χ1) is 9.79. The Hall–Kier alpha value is -2.10. The third kappa shape index (κ3) is 4.23. The number of thiophene rings is 1. The fourth-order valence-corrected chi connectivity index (χ4v) is 2.39. The minimum atomic E-state index is -0.173. The maximum Gasteiger partial charge on any atom is 0.252 e. The van der Waals surface area contributed by atoms with Crippen molar-refractivity contribution in [2.24, 2.45) is 0 Å². The van der Waals surface area contributed by atoms with Crippen LogP contribution in [0.1, 0.15) is 21.7 Å². The van der Waals surface area contributed by atoms with Crippen molar-refractivity contribution < 1.29 is 9.90 Å². The van der Waals surface area contributed by atoms with Crippen molar-refractivity contribution in [2.75, 3.05) is 13.2 Å². The van der Waals surface area contributed by atoms with Gasteiger partial charge in [0, 0.05) is 30.9 Å². The average molecular weight is 289 g/mol. The third-order valence-electron chi connectivity index (χ3n) is 2.59. The lowest BCUT2D eigenvalue weighted by atomic mass is 10.3. The molecule has 0 aliphatic rings. The first-order valence-corrected chi connectivity index (χ1v) is 7.10. The maximum absolute atomic E-state index is 11.9. The number of amides is 1. The summed E-state index contributed by atoms with van der Waals surface area (Å²) in [6.45, 7) is 1.27. The molecule has 0 aliphatic heterocycles. The smallest absolute Gasteiger partial charge is 0.252 e. The van der Waals surface area contributed by atoms with Crippen molar-refractivity contribution in [3.63, 3.8) is 0 Å². The Morgan fingerprint density at radius 3 is 3.20 bits per heavy atom. The average Bonchev–Trinajstić information content (AvgIpc) is 3.12. The largest absolute Gasteiger partial charge is 0.384 e. The van der Waals surface area contributed by atoms with E-state index in [0.29, 0.717) is 12.1 Å². The summed E-state index contributed by atoms with van der Waals surface area (Å²) >= 11 is 1.40. The van der Waals surface area contributed by atoms with Crippen LogP contribution in [0.2, 0.25) is 0 Å². The van der Waals surface area contributed by atoms with Gasteiger partial charge in [-0.3, -0.25) is 4.79 Å². The molecule has 6 heteroatoms. The quantitative estimate of drug-likeness (QED) is 0.640. The molecule has 0 aliphatic carbocycles. The molecule has 2 aromatic heterocycles. The van der Waals surface area contributed by atoms with Crippen LogP contribution in [0.4, 0.5) is 0 Å². The molecule has 0 unspecified atom stereocenters. The van der Waals surface area contributed by atoms with Crippen molar-refractivity contribution in [1.82, 2.24) is 14.9 Å². The fraction of sp³-hybridized carbons (Fsp3) is 0.286. The summed E-state index contributed by atoms with van der Waals surface area (Å²) < 4.78 is 1.97. The van der Waals surface area contributed by atoms with E-state index in [2.05, 4.69) is 22.1 Å². The minimum Gasteiger partial charge on any atom is -0.384 e. The standard InChI is InChI=1S/C14H15N3O2S/c18-8-1-3-13-9-12(10-20-13)14(19)16-4-2-6-17-7-5-15-11-17/h5,7,9-11,18H,2,4,6,8H2,(H,16,19). The van der Waals surface area contributed by atoms with Gasteiger partial charge in [-0.15, -0.1) is 11.3 Å². The molecule has 1 amide bonds. The zero-order chi connectivity index (χ0) is 14.2. The number of hydrogen-bond acceptors (Lipinski definition) is 4. The van der Waals surface area contributed by atoms with E-state index in [1.165, 1.54) is 11.3 Å². The lowest BCUT2D eigenvalue weighted by Gasteiger charge is -2.04. The van der Waals surface area contributed by atoms with Crippen molar-refractivity contribution in [3.05, 3.63) is 40.6 Å². The van der Waals surface area contributed by atoms with Crippen LogP contribution in [-0.2, 0) is 6.54 Å². The number of nitrogens with one attached hydrogen (secondary N) is 1. The van der Waals surface area contributed by atoms with Crippen LogP contribution >= 0.6 is 11.3 Å². The summed E-state index contributed by atoms with van der Waals surface area (Å²) in [6, 6.07) is 1.73. The summed E-state index contributed by atoms with van der Waals surface area (Å²) in [7, 11) is 0. The zero-order valence-corrected chi connectivity index (χ0v) is 11.7. The van der Waals surface area contributed by atoms with E-state index in [0.717, 1.165) is 17.8 Å². The van der Waals surface area contributed by atoms with Crippen LogP contribution in [-0.4, -0.2) is 33.7 Å².